The van der Waals surface area contributed by atoms with Gasteiger partial charge in [-0.05, 0) is 31.2 Å². The van der Waals surface area contributed by atoms with Crippen LogP contribution >= 0.6 is 11.6 Å². The highest BCUT2D eigenvalue weighted by molar-refractivity contribution is 6.34. The van der Waals surface area contributed by atoms with Gasteiger partial charge < -0.3 is 10.2 Å². The van der Waals surface area contributed by atoms with E-state index in [2.05, 4.69) is 10.3 Å². The van der Waals surface area contributed by atoms with Crippen LogP contribution in [0.2, 0.25) is 5.02 Å². The normalized spacial score (nSPS) is 21.7. The molecular weight excluding hydrogens is 421 g/mol. The van der Waals surface area contributed by atoms with Crippen LogP contribution in [0.25, 0.3) is 0 Å². The number of anilines is 3. The number of hydrogen-bond acceptors (Lipinski definition) is 4. The van der Waals surface area contributed by atoms with Gasteiger partial charge in [-0.15, -0.1) is 0 Å². The molecule has 2 aliphatic heterocycles. The Kier molecular flexibility index (Phi) is 4.88. The van der Waals surface area contributed by atoms with Crippen molar-refractivity contribution in [2.24, 2.45) is 5.92 Å². The number of amides is 2. The van der Waals surface area contributed by atoms with Gasteiger partial charge in [0.2, 0.25) is 11.8 Å². The first-order valence-electron chi connectivity index (χ1n) is 9.26. The number of halogens is 4. The third-order valence-corrected chi connectivity index (χ3v) is 5.74. The number of carbonyl (C=O) groups excluding carboxylic acids is 2. The Bertz CT molecular complexity index is 1040. The molecule has 1 N–H and O–H groups in total. The summed E-state index contributed by atoms with van der Waals surface area (Å²) in [7, 11) is 1.55. The third kappa shape index (κ3) is 3.36. The average molecular weight is 439 g/mol. The number of alkyl halides is 3. The zero-order chi connectivity index (χ0) is 21.8. The fourth-order valence-electron chi connectivity index (χ4n) is 4.02. The largest absolute Gasteiger partial charge is 0.416 e. The predicted molar refractivity (Wildman–Crippen MR) is 107 cm³/mol. The number of pyridine rings is 1. The number of aryl methyl sites for hydroxylation is 1. The zero-order valence-electron chi connectivity index (χ0n) is 16.1. The summed E-state index contributed by atoms with van der Waals surface area (Å²) >= 11 is 6.26. The van der Waals surface area contributed by atoms with Crippen molar-refractivity contribution >= 4 is 40.6 Å². The first kappa shape index (κ1) is 20.5. The zero-order valence-corrected chi connectivity index (χ0v) is 16.9. The van der Waals surface area contributed by atoms with Gasteiger partial charge in [0.1, 0.15) is 11.9 Å². The van der Waals surface area contributed by atoms with Crippen molar-refractivity contribution in [1.82, 2.24) is 4.98 Å². The van der Waals surface area contributed by atoms with E-state index >= 15 is 0 Å². The summed E-state index contributed by atoms with van der Waals surface area (Å²) in [6.45, 7) is 1.68. The van der Waals surface area contributed by atoms with Gasteiger partial charge in [-0.1, -0.05) is 17.7 Å². The minimum Gasteiger partial charge on any atom is -0.382 e. The van der Waals surface area contributed by atoms with E-state index < -0.39 is 35.5 Å². The summed E-state index contributed by atoms with van der Waals surface area (Å²) in [4.78, 5) is 32.8. The number of benzene rings is 1. The first-order valence-corrected chi connectivity index (χ1v) is 9.63. The van der Waals surface area contributed by atoms with Crippen LogP contribution in [0.15, 0.2) is 30.3 Å². The van der Waals surface area contributed by atoms with Gasteiger partial charge in [0, 0.05) is 31.6 Å². The smallest absolute Gasteiger partial charge is 0.382 e. The van der Waals surface area contributed by atoms with Gasteiger partial charge in [0.05, 0.1) is 22.0 Å². The van der Waals surface area contributed by atoms with Crippen LogP contribution in [0.1, 0.15) is 17.7 Å². The molecule has 30 heavy (non-hydrogen) atoms. The molecule has 1 aromatic heterocycles. The molecule has 1 fully saturated rings. The molecule has 0 unspecified atom stereocenters. The SMILES string of the molecule is Cc1cc(C(F)(F)F)cc(N2C(=O)C[C@@H]3CNc4c(Cl)cccc4N(C)C(=O)[C@H]32)n1. The fourth-order valence-corrected chi connectivity index (χ4v) is 4.26. The lowest BCUT2D eigenvalue weighted by atomic mass is 9.97. The van der Waals surface area contributed by atoms with Crippen LogP contribution in [0.4, 0.5) is 30.4 Å². The molecule has 158 valence electrons. The van der Waals surface area contributed by atoms with E-state index in [0.29, 0.717) is 16.4 Å². The Balaban J connectivity index is 1.79. The molecule has 0 radical (unpaired) electrons. The van der Waals surface area contributed by atoms with Crippen LogP contribution in [0, 0.1) is 12.8 Å². The van der Waals surface area contributed by atoms with Crippen LogP contribution in [-0.4, -0.2) is 36.4 Å². The van der Waals surface area contributed by atoms with E-state index in [0.717, 1.165) is 17.0 Å². The second-order valence-electron chi connectivity index (χ2n) is 7.44. The second kappa shape index (κ2) is 7.16. The molecule has 2 atom stereocenters. The number of fused-ring (bicyclic) bond motifs is 2. The molecule has 2 aromatic rings. The molecular formula is C20H18ClF3N4O2. The van der Waals surface area contributed by atoms with Crippen LogP contribution in [0.3, 0.4) is 0 Å². The molecule has 4 rings (SSSR count). The number of aromatic nitrogens is 1. The number of nitrogens with one attached hydrogen (secondary N) is 1. The Labute approximate surface area is 175 Å². The number of nitrogens with zero attached hydrogens (tertiary/aromatic N) is 3. The predicted octanol–water partition coefficient (Wildman–Crippen LogP) is 3.87. The summed E-state index contributed by atoms with van der Waals surface area (Å²) in [6, 6.07) is 5.84. The summed E-state index contributed by atoms with van der Waals surface area (Å²) in [6.07, 6.45) is -4.59. The van der Waals surface area contributed by atoms with Gasteiger partial charge in [0.25, 0.3) is 0 Å². The van der Waals surface area contributed by atoms with Gasteiger partial charge in [0.15, 0.2) is 0 Å². The highest BCUT2D eigenvalue weighted by Gasteiger charge is 2.48. The van der Waals surface area contributed by atoms with E-state index in [1.807, 2.05) is 0 Å². The Morgan fingerprint density at radius 2 is 1.97 bits per heavy atom. The van der Waals surface area contributed by atoms with Gasteiger partial charge in [-0.2, -0.15) is 13.2 Å². The number of para-hydroxylation sites is 1. The summed E-state index contributed by atoms with van der Waals surface area (Å²) < 4.78 is 39.9. The average Bonchev–Trinajstić information content (AvgIpc) is 2.99. The quantitative estimate of drug-likeness (QED) is 0.734. The molecule has 1 aromatic carbocycles. The van der Waals surface area contributed by atoms with Crippen molar-refractivity contribution in [3.63, 3.8) is 0 Å². The van der Waals surface area contributed by atoms with Gasteiger partial charge >= 0.3 is 6.18 Å². The first-order chi connectivity index (χ1) is 14.1. The molecule has 0 saturated carbocycles. The molecule has 6 nitrogen and oxygen atoms in total. The maximum Gasteiger partial charge on any atom is 0.416 e. The van der Waals surface area contributed by atoms with E-state index in [1.54, 1.807) is 25.2 Å². The Hall–Kier alpha value is -2.81. The van der Waals surface area contributed by atoms with Crippen molar-refractivity contribution < 1.29 is 22.8 Å². The molecule has 0 spiro atoms. The lowest BCUT2D eigenvalue weighted by Gasteiger charge is -2.34. The maximum atomic E-state index is 13.4. The van der Waals surface area contributed by atoms with Crippen LogP contribution in [-0.2, 0) is 15.8 Å². The molecule has 10 heteroatoms. The van der Waals surface area contributed by atoms with Crippen molar-refractivity contribution in [3.05, 3.63) is 46.6 Å². The maximum absolute atomic E-state index is 13.4. The molecule has 3 heterocycles. The topological polar surface area (TPSA) is 65.5 Å². The Morgan fingerprint density at radius 1 is 1.23 bits per heavy atom. The lowest BCUT2D eigenvalue weighted by Crippen LogP contribution is -2.51. The number of rotatable bonds is 1. The lowest BCUT2D eigenvalue weighted by molar-refractivity contribution is -0.137. The van der Waals surface area contributed by atoms with Crippen LogP contribution < -0.4 is 15.1 Å². The number of likely N-dealkylation sites (N-methyl/N-ethyl adjacent to an activating group) is 1. The van der Waals surface area contributed by atoms with Crippen molar-refractivity contribution in [3.8, 4) is 0 Å². The highest BCUT2D eigenvalue weighted by atomic mass is 35.5. The Morgan fingerprint density at radius 3 is 2.67 bits per heavy atom. The van der Waals surface area contributed by atoms with E-state index in [-0.39, 0.29) is 24.5 Å². The monoisotopic (exact) mass is 438 g/mol. The van der Waals surface area contributed by atoms with Crippen molar-refractivity contribution in [2.45, 2.75) is 25.6 Å². The molecule has 2 aliphatic rings. The van der Waals surface area contributed by atoms with E-state index in [1.165, 1.54) is 11.8 Å². The third-order valence-electron chi connectivity index (χ3n) is 5.42. The van der Waals surface area contributed by atoms with Gasteiger partial charge in [-0.3, -0.25) is 14.5 Å². The summed E-state index contributed by atoms with van der Waals surface area (Å²) in [5, 5.41) is 3.62. The number of hydrogen-bond donors (Lipinski definition) is 1. The second-order valence-corrected chi connectivity index (χ2v) is 7.85. The summed E-state index contributed by atoms with van der Waals surface area (Å²) in [5.41, 5.74) is 0.298. The van der Waals surface area contributed by atoms with Crippen molar-refractivity contribution in [1.29, 1.82) is 0 Å². The van der Waals surface area contributed by atoms with E-state index in [4.69, 9.17) is 11.6 Å². The van der Waals surface area contributed by atoms with Crippen LogP contribution in [0.5, 0.6) is 0 Å². The summed E-state index contributed by atoms with van der Waals surface area (Å²) in [5.74, 6) is -1.48. The van der Waals surface area contributed by atoms with E-state index in [9.17, 15) is 22.8 Å². The standard InChI is InChI=1S/C20H18ClF3N4O2/c1-10-6-12(20(22,23)24)8-15(26-10)28-16(29)7-11-9-25-17-13(21)4-3-5-14(17)27(2)19(30)18(11)28/h3-6,8,11,18,25H,7,9H2,1-2H3/t11-,18+/m1/s1. The molecule has 2 amide bonds. The molecule has 0 bridgehead atoms. The molecule has 0 aliphatic carbocycles. The van der Waals surface area contributed by atoms with Gasteiger partial charge in [-0.25, -0.2) is 4.98 Å². The minimum absolute atomic E-state index is 0.00794. The highest BCUT2D eigenvalue weighted by Crippen LogP contribution is 2.40. The van der Waals surface area contributed by atoms with Crippen molar-refractivity contribution in [2.75, 3.05) is 28.7 Å². The minimum atomic E-state index is -4.59. The number of carbonyl (C=O) groups is 2. The molecule has 1 saturated heterocycles. The fraction of sp³-hybridized carbons (Fsp3) is 0.350.